The van der Waals surface area contributed by atoms with Gasteiger partial charge in [0.25, 0.3) is 0 Å². The van der Waals surface area contributed by atoms with Crippen molar-refractivity contribution in [3.8, 4) is 5.75 Å². The highest BCUT2D eigenvalue weighted by Crippen LogP contribution is 2.37. The number of benzene rings is 1. The van der Waals surface area contributed by atoms with E-state index in [2.05, 4.69) is 22.4 Å². The molecule has 0 bridgehead atoms. The van der Waals surface area contributed by atoms with Crippen LogP contribution in [0.2, 0.25) is 0 Å². The van der Waals surface area contributed by atoms with E-state index in [9.17, 15) is 9.90 Å². The molecule has 5 nitrogen and oxygen atoms in total. The van der Waals surface area contributed by atoms with Crippen molar-refractivity contribution in [1.82, 2.24) is 10.2 Å². The zero-order chi connectivity index (χ0) is 17.0. The quantitative estimate of drug-likeness (QED) is 0.867. The maximum absolute atomic E-state index is 11.9. The van der Waals surface area contributed by atoms with Crippen LogP contribution in [0.25, 0.3) is 6.08 Å². The van der Waals surface area contributed by atoms with Crippen molar-refractivity contribution < 1.29 is 14.6 Å². The summed E-state index contributed by atoms with van der Waals surface area (Å²) >= 11 is 0. The minimum atomic E-state index is -0.650. The molecular formula is C19H26N2O3. The van der Waals surface area contributed by atoms with Gasteiger partial charge in [0.1, 0.15) is 5.75 Å². The smallest absolute Gasteiger partial charge is 0.312 e. The predicted molar refractivity (Wildman–Crippen MR) is 94.2 cm³/mol. The van der Waals surface area contributed by atoms with Crippen LogP contribution >= 0.6 is 0 Å². The highest BCUT2D eigenvalue weighted by molar-refractivity contribution is 5.76. The minimum absolute atomic E-state index is 0.116. The van der Waals surface area contributed by atoms with Gasteiger partial charge in [-0.1, -0.05) is 24.3 Å². The zero-order valence-corrected chi connectivity index (χ0v) is 14.2. The number of hydrogen-bond donors (Lipinski definition) is 2. The topological polar surface area (TPSA) is 61.8 Å². The lowest BCUT2D eigenvalue weighted by Crippen LogP contribution is -2.63. The number of carbonyl (C=O) groups is 1. The molecule has 0 aliphatic carbocycles. The van der Waals surface area contributed by atoms with E-state index in [-0.39, 0.29) is 6.04 Å². The number of piperidine rings is 2. The molecule has 0 unspecified atom stereocenters. The van der Waals surface area contributed by atoms with Gasteiger partial charge in [-0.2, -0.15) is 0 Å². The van der Waals surface area contributed by atoms with Crippen LogP contribution in [-0.2, 0) is 4.79 Å². The van der Waals surface area contributed by atoms with E-state index in [0.29, 0.717) is 6.54 Å². The number of carboxylic acid groups (broad SMARTS) is 1. The number of methoxy groups -OCH3 is 1. The van der Waals surface area contributed by atoms with Gasteiger partial charge in [0, 0.05) is 25.7 Å². The Hall–Kier alpha value is -1.85. The lowest BCUT2D eigenvalue weighted by molar-refractivity contribution is -0.157. The van der Waals surface area contributed by atoms with Gasteiger partial charge < -0.3 is 15.2 Å². The van der Waals surface area contributed by atoms with Crippen molar-refractivity contribution in [2.24, 2.45) is 5.41 Å². The second-order valence-corrected chi connectivity index (χ2v) is 6.77. The third kappa shape index (κ3) is 3.47. The van der Waals surface area contributed by atoms with Crippen LogP contribution in [-0.4, -0.2) is 55.3 Å². The fourth-order valence-electron chi connectivity index (χ4n) is 3.94. The van der Waals surface area contributed by atoms with E-state index in [4.69, 9.17) is 4.74 Å². The van der Waals surface area contributed by atoms with E-state index < -0.39 is 11.4 Å². The third-order valence-electron chi connectivity index (χ3n) is 5.31. The number of rotatable bonds is 5. The molecule has 2 aliphatic heterocycles. The Balaban J connectivity index is 1.61. The molecule has 2 saturated heterocycles. The first kappa shape index (κ1) is 17.0. The van der Waals surface area contributed by atoms with Gasteiger partial charge in [0.2, 0.25) is 0 Å². The van der Waals surface area contributed by atoms with Crippen molar-refractivity contribution in [2.45, 2.75) is 25.3 Å². The molecule has 24 heavy (non-hydrogen) atoms. The predicted octanol–water partition coefficient (Wildman–Crippen LogP) is 2.24. The molecule has 2 fully saturated rings. The van der Waals surface area contributed by atoms with E-state index in [1.54, 1.807) is 7.11 Å². The van der Waals surface area contributed by atoms with Crippen LogP contribution in [0.5, 0.6) is 5.75 Å². The molecule has 1 aromatic carbocycles. The zero-order valence-electron chi connectivity index (χ0n) is 14.2. The van der Waals surface area contributed by atoms with Crippen LogP contribution in [0.4, 0.5) is 0 Å². The number of fused-ring (bicyclic) bond motifs is 1. The van der Waals surface area contributed by atoms with Crippen LogP contribution in [0, 0.1) is 5.41 Å². The molecule has 0 aromatic heterocycles. The van der Waals surface area contributed by atoms with E-state index >= 15 is 0 Å². The second kappa shape index (κ2) is 7.36. The summed E-state index contributed by atoms with van der Waals surface area (Å²) in [5.74, 6) is 0.200. The van der Waals surface area contributed by atoms with Crippen LogP contribution in [0.3, 0.4) is 0 Å². The Morgan fingerprint density at radius 1 is 1.46 bits per heavy atom. The number of nitrogens with one attached hydrogen (secondary N) is 1. The highest BCUT2D eigenvalue weighted by atomic mass is 16.5. The molecule has 130 valence electrons. The Bertz CT molecular complexity index is 599. The van der Waals surface area contributed by atoms with Crippen molar-refractivity contribution in [1.29, 1.82) is 0 Å². The summed E-state index contributed by atoms with van der Waals surface area (Å²) in [4.78, 5) is 14.2. The minimum Gasteiger partial charge on any atom is -0.497 e. The van der Waals surface area contributed by atoms with Gasteiger partial charge in [0.15, 0.2) is 0 Å². The molecule has 0 amide bonds. The average Bonchev–Trinajstić information content (AvgIpc) is 2.62. The molecule has 2 N–H and O–H groups in total. The lowest BCUT2D eigenvalue weighted by atomic mass is 9.70. The number of likely N-dealkylation sites (tertiary alicyclic amines) is 1. The summed E-state index contributed by atoms with van der Waals surface area (Å²) < 4.78 is 5.16. The van der Waals surface area contributed by atoms with E-state index in [1.165, 1.54) is 0 Å². The number of carboxylic acids is 1. The third-order valence-corrected chi connectivity index (χ3v) is 5.31. The monoisotopic (exact) mass is 330 g/mol. The normalized spacial score (nSPS) is 27.8. The molecule has 0 radical (unpaired) electrons. The summed E-state index contributed by atoms with van der Waals surface area (Å²) in [5.41, 5.74) is 0.503. The van der Waals surface area contributed by atoms with Gasteiger partial charge in [-0.15, -0.1) is 0 Å². The van der Waals surface area contributed by atoms with Gasteiger partial charge in [-0.05, 0) is 43.5 Å². The maximum Gasteiger partial charge on any atom is 0.312 e. The Morgan fingerprint density at radius 3 is 2.96 bits per heavy atom. The van der Waals surface area contributed by atoms with Gasteiger partial charge >= 0.3 is 5.97 Å². The molecule has 2 atom stereocenters. The van der Waals surface area contributed by atoms with Crippen molar-refractivity contribution in [3.05, 3.63) is 35.9 Å². The van der Waals surface area contributed by atoms with Gasteiger partial charge in [-0.25, -0.2) is 0 Å². The maximum atomic E-state index is 11.9. The molecule has 2 aliphatic rings. The molecule has 0 spiro atoms. The molecular weight excluding hydrogens is 304 g/mol. The van der Waals surface area contributed by atoms with Crippen molar-refractivity contribution in [2.75, 3.05) is 33.3 Å². The summed E-state index contributed by atoms with van der Waals surface area (Å²) in [7, 11) is 1.66. The van der Waals surface area contributed by atoms with Crippen LogP contribution in [0.15, 0.2) is 30.3 Å². The highest BCUT2D eigenvalue weighted by Gasteiger charge is 2.50. The Labute approximate surface area is 143 Å². The first-order valence-electron chi connectivity index (χ1n) is 8.64. The standard InChI is InChI=1S/C19H26N2O3/c1-24-16-7-5-15(6-8-16)4-2-12-21-13-9-17-19(14-21,18(22)23)10-3-11-20-17/h2,4-8,17,20H,3,9-14H2,1H3,(H,22,23)/b4-2+/t17-,19+/m0/s1. The molecule has 0 saturated carbocycles. The first-order chi connectivity index (χ1) is 11.6. The fraction of sp³-hybridized carbons (Fsp3) is 0.526. The molecule has 3 rings (SSSR count). The number of aliphatic carboxylic acids is 1. The van der Waals surface area contributed by atoms with Gasteiger partial charge in [-0.3, -0.25) is 9.69 Å². The van der Waals surface area contributed by atoms with Gasteiger partial charge in [0.05, 0.1) is 12.5 Å². The van der Waals surface area contributed by atoms with Crippen molar-refractivity contribution >= 4 is 12.0 Å². The molecule has 1 aromatic rings. The summed E-state index contributed by atoms with van der Waals surface area (Å²) in [6.45, 7) is 3.30. The summed E-state index contributed by atoms with van der Waals surface area (Å²) in [6.07, 6.45) is 6.83. The fourth-order valence-corrected chi connectivity index (χ4v) is 3.94. The lowest BCUT2D eigenvalue weighted by Gasteiger charge is -2.48. The van der Waals surface area contributed by atoms with Crippen LogP contribution < -0.4 is 10.1 Å². The van der Waals surface area contributed by atoms with E-state index in [1.807, 2.05) is 24.3 Å². The summed E-state index contributed by atoms with van der Waals surface area (Å²) in [5, 5.41) is 13.2. The SMILES string of the molecule is COc1ccc(/C=C/CN2CC[C@@H]3NCCC[C@@]3(C(=O)O)C2)cc1. The average molecular weight is 330 g/mol. The number of hydrogen-bond acceptors (Lipinski definition) is 4. The van der Waals surface area contributed by atoms with Crippen molar-refractivity contribution in [3.63, 3.8) is 0 Å². The molecule has 5 heteroatoms. The Kier molecular flexibility index (Phi) is 5.21. The largest absolute Gasteiger partial charge is 0.497 e. The second-order valence-electron chi connectivity index (χ2n) is 6.77. The number of ether oxygens (including phenoxy) is 1. The molecule has 2 heterocycles. The van der Waals surface area contributed by atoms with E-state index in [0.717, 1.165) is 50.2 Å². The first-order valence-corrected chi connectivity index (χ1v) is 8.64. The van der Waals surface area contributed by atoms with Crippen LogP contribution in [0.1, 0.15) is 24.8 Å². The summed E-state index contributed by atoms with van der Waals surface area (Å²) in [6, 6.07) is 8.04. The number of nitrogens with zero attached hydrogens (tertiary/aromatic N) is 1. The Morgan fingerprint density at radius 2 is 2.25 bits per heavy atom.